The highest BCUT2D eigenvalue weighted by atomic mass is 35.5. The van der Waals surface area contributed by atoms with Crippen LogP contribution < -0.4 is 10.1 Å². The minimum atomic E-state index is 0.519. The second kappa shape index (κ2) is 5.65. The van der Waals surface area contributed by atoms with Gasteiger partial charge in [0.15, 0.2) is 5.82 Å². The molecule has 1 heterocycles. The first-order chi connectivity index (χ1) is 8.31. The Labute approximate surface area is 104 Å². The van der Waals surface area contributed by atoms with Gasteiger partial charge in [0.05, 0.1) is 13.7 Å². The second-order valence-corrected chi connectivity index (χ2v) is 3.78. The summed E-state index contributed by atoms with van der Waals surface area (Å²) >= 11 is 6.10. The van der Waals surface area contributed by atoms with Gasteiger partial charge in [-0.1, -0.05) is 22.8 Å². The van der Waals surface area contributed by atoms with Gasteiger partial charge in [0, 0.05) is 17.1 Å². The number of halogens is 1. The lowest BCUT2D eigenvalue weighted by atomic mass is 10.2. The number of hydrogen-bond acceptors (Lipinski definition) is 5. The standard InChI is InChI=1S/C11H12ClN3O2/c1-16-10-4-2-3-9(12)8(10)5-13-6-11-14-7-17-15-11/h2-4,7,13H,5-6H2,1H3. The highest BCUT2D eigenvalue weighted by Crippen LogP contribution is 2.25. The predicted molar refractivity (Wildman–Crippen MR) is 62.8 cm³/mol. The molecule has 90 valence electrons. The minimum absolute atomic E-state index is 0.519. The SMILES string of the molecule is COc1cccc(Cl)c1CNCc1ncon1. The van der Waals surface area contributed by atoms with E-state index in [2.05, 4.69) is 20.0 Å². The van der Waals surface area contributed by atoms with Crippen LogP contribution in [0.15, 0.2) is 29.1 Å². The predicted octanol–water partition coefficient (Wildman–Crippen LogP) is 2.02. The molecule has 1 N–H and O–H groups in total. The third kappa shape index (κ3) is 2.95. The third-order valence-corrected chi connectivity index (χ3v) is 2.64. The molecule has 2 aromatic rings. The van der Waals surface area contributed by atoms with Gasteiger partial charge in [-0.3, -0.25) is 0 Å². The van der Waals surface area contributed by atoms with E-state index in [0.29, 0.717) is 23.9 Å². The van der Waals surface area contributed by atoms with Crippen molar-refractivity contribution < 1.29 is 9.26 Å². The maximum atomic E-state index is 6.10. The van der Waals surface area contributed by atoms with Crippen LogP contribution in [0.3, 0.4) is 0 Å². The number of methoxy groups -OCH3 is 1. The molecule has 17 heavy (non-hydrogen) atoms. The zero-order valence-electron chi connectivity index (χ0n) is 9.31. The Morgan fingerprint density at radius 3 is 3.00 bits per heavy atom. The van der Waals surface area contributed by atoms with Crippen molar-refractivity contribution >= 4 is 11.6 Å². The summed E-state index contributed by atoms with van der Waals surface area (Å²) in [4.78, 5) is 3.91. The lowest BCUT2D eigenvalue weighted by Gasteiger charge is -2.10. The van der Waals surface area contributed by atoms with Crippen LogP contribution in [0.25, 0.3) is 0 Å². The number of aromatic nitrogens is 2. The van der Waals surface area contributed by atoms with Crippen LogP contribution in [0.2, 0.25) is 5.02 Å². The van der Waals surface area contributed by atoms with Crippen LogP contribution in [-0.2, 0) is 13.1 Å². The van der Waals surface area contributed by atoms with E-state index in [0.717, 1.165) is 11.3 Å². The van der Waals surface area contributed by atoms with E-state index < -0.39 is 0 Å². The van der Waals surface area contributed by atoms with Gasteiger partial charge in [0.2, 0.25) is 6.39 Å². The van der Waals surface area contributed by atoms with Gasteiger partial charge in [0.1, 0.15) is 5.75 Å². The first-order valence-electron chi connectivity index (χ1n) is 5.08. The van der Waals surface area contributed by atoms with Gasteiger partial charge >= 0.3 is 0 Å². The average molecular weight is 254 g/mol. The molecule has 0 atom stereocenters. The first kappa shape index (κ1) is 11.9. The molecule has 0 aliphatic heterocycles. The number of nitrogens with one attached hydrogen (secondary N) is 1. The second-order valence-electron chi connectivity index (χ2n) is 3.37. The molecular weight excluding hydrogens is 242 g/mol. The minimum Gasteiger partial charge on any atom is -0.496 e. The van der Waals surface area contributed by atoms with Gasteiger partial charge < -0.3 is 14.6 Å². The van der Waals surface area contributed by atoms with E-state index in [4.69, 9.17) is 16.3 Å². The van der Waals surface area contributed by atoms with Crippen LogP contribution >= 0.6 is 11.6 Å². The average Bonchev–Trinajstić information content (AvgIpc) is 2.84. The van der Waals surface area contributed by atoms with Gasteiger partial charge in [-0.05, 0) is 12.1 Å². The highest BCUT2D eigenvalue weighted by molar-refractivity contribution is 6.31. The highest BCUT2D eigenvalue weighted by Gasteiger charge is 2.07. The smallest absolute Gasteiger partial charge is 0.213 e. The summed E-state index contributed by atoms with van der Waals surface area (Å²) in [6.07, 6.45) is 1.30. The van der Waals surface area contributed by atoms with Crippen molar-refractivity contribution in [3.63, 3.8) is 0 Å². The van der Waals surface area contributed by atoms with Crippen molar-refractivity contribution in [1.29, 1.82) is 0 Å². The van der Waals surface area contributed by atoms with Crippen molar-refractivity contribution in [3.8, 4) is 5.75 Å². The van der Waals surface area contributed by atoms with E-state index in [9.17, 15) is 0 Å². The van der Waals surface area contributed by atoms with E-state index >= 15 is 0 Å². The molecule has 0 saturated heterocycles. The van der Waals surface area contributed by atoms with Gasteiger partial charge in [-0.25, -0.2) is 0 Å². The topological polar surface area (TPSA) is 60.2 Å². The molecule has 1 aromatic heterocycles. The van der Waals surface area contributed by atoms with E-state index in [-0.39, 0.29) is 0 Å². The van der Waals surface area contributed by atoms with E-state index in [1.54, 1.807) is 7.11 Å². The molecule has 2 rings (SSSR count). The number of rotatable bonds is 5. The summed E-state index contributed by atoms with van der Waals surface area (Å²) in [5.41, 5.74) is 0.917. The summed E-state index contributed by atoms with van der Waals surface area (Å²) in [7, 11) is 1.62. The Bertz CT molecular complexity index is 474. The summed E-state index contributed by atoms with van der Waals surface area (Å²) in [6, 6.07) is 5.55. The summed E-state index contributed by atoms with van der Waals surface area (Å²) in [5, 5.41) is 7.54. The van der Waals surface area contributed by atoms with E-state index in [1.807, 2.05) is 18.2 Å². The third-order valence-electron chi connectivity index (χ3n) is 2.29. The zero-order chi connectivity index (χ0) is 12.1. The summed E-state index contributed by atoms with van der Waals surface area (Å²) < 4.78 is 9.87. The monoisotopic (exact) mass is 253 g/mol. The number of ether oxygens (including phenoxy) is 1. The Morgan fingerprint density at radius 1 is 1.41 bits per heavy atom. The van der Waals surface area contributed by atoms with Gasteiger partial charge in [-0.2, -0.15) is 4.98 Å². The first-order valence-corrected chi connectivity index (χ1v) is 5.46. The fourth-order valence-corrected chi connectivity index (χ4v) is 1.70. The molecular formula is C11H12ClN3O2. The molecule has 6 heteroatoms. The maximum Gasteiger partial charge on any atom is 0.213 e. The van der Waals surface area contributed by atoms with Crippen molar-refractivity contribution in [2.24, 2.45) is 0 Å². The van der Waals surface area contributed by atoms with Crippen molar-refractivity contribution in [3.05, 3.63) is 41.0 Å². The lowest BCUT2D eigenvalue weighted by Crippen LogP contribution is -2.14. The molecule has 0 spiro atoms. The molecule has 0 saturated carbocycles. The molecule has 0 fully saturated rings. The van der Waals surface area contributed by atoms with Crippen molar-refractivity contribution in [1.82, 2.24) is 15.5 Å². The van der Waals surface area contributed by atoms with Crippen molar-refractivity contribution in [2.75, 3.05) is 7.11 Å². The molecule has 0 aliphatic rings. The Morgan fingerprint density at radius 2 is 2.29 bits per heavy atom. The number of nitrogens with zero attached hydrogens (tertiary/aromatic N) is 2. The number of hydrogen-bond donors (Lipinski definition) is 1. The Hall–Kier alpha value is -1.59. The number of benzene rings is 1. The van der Waals surface area contributed by atoms with Crippen LogP contribution in [0.4, 0.5) is 0 Å². The summed E-state index contributed by atoms with van der Waals surface area (Å²) in [6.45, 7) is 1.10. The summed E-state index contributed by atoms with van der Waals surface area (Å²) in [5.74, 6) is 1.37. The van der Waals surface area contributed by atoms with Gasteiger partial charge in [-0.15, -0.1) is 0 Å². The van der Waals surface area contributed by atoms with E-state index in [1.165, 1.54) is 6.39 Å². The largest absolute Gasteiger partial charge is 0.496 e. The normalized spacial score (nSPS) is 10.5. The maximum absolute atomic E-state index is 6.10. The van der Waals surface area contributed by atoms with Gasteiger partial charge in [0.25, 0.3) is 0 Å². The fraction of sp³-hybridized carbons (Fsp3) is 0.273. The Kier molecular flexibility index (Phi) is 3.95. The van der Waals surface area contributed by atoms with Crippen LogP contribution in [0, 0.1) is 0 Å². The molecule has 1 aromatic carbocycles. The van der Waals surface area contributed by atoms with Crippen LogP contribution in [0.5, 0.6) is 5.75 Å². The zero-order valence-corrected chi connectivity index (χ0v) is 10.1. The fourth-order valence-electron chi connectivity index (χ4n) is 1.47. The molecule has 0 radical (unpaired) electrons. The molecule has 0 bridgehead atoms. The van der Waals surface area contributed by atoms with Crippen molar-refractivity contribution in [2.45, 2.75) is 13.1 Å². The van der Waals surface area contributed by atoms with Crippen LogP contribution in [0.1, 0.15) is 11.4 Å². The molecule has 5 nitrogen and oxygen atoms in total. The quantitative estimate of drug-likeness (QED) is 0.883. The molecule has 0 amide bonds. The molecule has 0 unspecified atom stereocenters. The van der Waals surface area contributed by atoms with Crippen LogP contribution in [-0.4, -0.2) is 17.3 Å². The lowest BCUT2D eigenvalue weighted by molar-refractivity contribution is 0.403. The molecule has 0 aliphatic carbocycles. The Balaban J connectivity index is 1.98.